The van der Waals surface area contributed by atoms with Gasteiger partial charge in [0.2, 0.25) is 0 Å². The van der Waals surface area contributed by atoms with Crippen molar-refractivity contribution in [1.29, 1.82) is 0 Å². The van der Waals surface area contributed by atoms with Gasteiger partial charge in [-0.3, -0.25) is 0 Å². The van der Waals surface area contributed by atoms with Crippen LogP contribution in [0.1, 0.15) is 18.9 Å². The Balaban J connectivity index is 2.30. The molecule has 1 amide bonds. The molecule has 76 valence electrons. The number of likely N-dealkylation sites (N-methyl/N-ethyl adjacent to an activating group) is 1. The number of nitrogens with zero attached hydrogens (tertiary/aromatic N) is 4. The Morgan fingerprint density at radius 2 is 2.21 bits per heavy atom. The van der Waals surface area contributed by atoms with E-state index in [4.69, 9.17) is 4.74 Å². The normalized spacial score (nSPS) is 26.8. The number of hydrogen-bond acceptors (Lipinski definition) is 4. The Hall–Kier alpha value is -1.59. The van der Waals surface area contributed by atoms with Gasteiger partial charge < -0.3 is 9.64 Å². The van der Waals surface area contributed by atoms with Crippen molar-refractivity contribution in [1.82, 2.24) is 19.7 Å². The Kier molecular flexibility index (Phi) is 1.90. The van der Waals surface area contributed by atoms with Crippen LogP contribution in [0.2, 0.25) is 0 Å². The van der Waals surface area contributed by atoms with Crippen molar-refractivity contribution in [2.45, 2.75) is 19.1 Å². The van der Waals surface area contributed by atoms with E-state index in [1.54, 1.807) is 23.7 Å². The first-order valence-electron chi connectivity index (χ1n) is 4.38. The number of carbonyl (C=O) groups is 1. The molecule has 0 saturated carbocycles. The second kappa shape index (κ2) is 2.97. The highest BCUT2D eigenvalue weighted by Gasteiger charge is 2.39. The van der Waals surface area contributed by atoms with E-state index in [1.165, 1.54) is 6.33 Å². The van der Waals surface area contributed by atoms with Gasteiger partial charge in [0, 0.05) is 14.1 Å². The highest BCUT2D eigenvalue weighted by Crippen LogP contribution is 2.29. The van der Waals surface area contributed by atoms with Crippen LogP contribution >= 0.6 is 0 Å². The monoisotopic (exact) mass is 196 g/mol. The molecular formula is C8H12N4O2. The summed E-state index contributed by atoms with van der Waals surface area (Å²) in [7, 11) is 3.49. The maximum Gasteiger partial charge on any atom is 0.410 e. The molecule has 2 heterocycles. The van der Waals surface area contributed by atoms with E-state index in [2.05, 4.69) is 10.1 Å². The van der Waals surface area contributed by atoms with E-state index >= 15 is 0 Å². The summed E-state index contributed by atoms with van der Waals surface area (Å²) in [5.74, 6) is 0.676. The molecule has 1 saturated heterocycles. The van der Waals surface area contributed by atoms with Gasteiger partial charge in [-0.15, -0.1) is 0 Å². The molecule has 0 spiro atoms. The van der Waals surface area contributed by atoms with E-state index in [0.29, 0.717) is 5.82 Å². The predicted molar refractivity (Wildman–Crippen MR) is 47.5 cm³/mol. The van der Waals surface area contributed by atoms with Crippen molar-refractivity contribution in [3.63, 3.8) is 0 Å². The third-order valence-electron chi connectivity index (χ3n) is 2.57. The lowest BCUT2D eigenvalue weighted by molar-refractivity contribution is 0.125. The van der Waals surface area contributed by atoms with Crippen LogP contribution in [-0.2, 0) is 11.8 Å². The molecule has 0 radical (unpaired) electrons. The van der Waals surface area contributed by atoms with Crippen LogP contribution < -0.4 is 0 Å². The third-order valence-corrected chi connectivity index (χ3v) is 2.57. The maximum atomic E-state index is 11.2. The summed E-state index contributed by atoms with van der Waals surface area (Å²) in [6.45, 7) is 1.92. The van der Waals surface area contributed by atoms with Crippen molar-refractivity contribution < 1.29 is 9.53 Å². The number of rotatable bonds is 1. The van der Waals surface area contributed by atoms with Crippen LogP contribution in [0.3, 0.4) is 0 Å². The molecular weight excluding hydrogens is 184 g/mol. The number of cyclic esters (lactones) is 1. The molecule has 1 aromatic rings. The molecule has 2 atom stereocenters. The average Bonchev–Trinajstić information content (AvgIpc) is 2.66. The number of aryl methyl sites for hydroxylation is 1. The molecule has 1 fully saturated rings. The van der Waals surface area contributed by atoms with E-state index in [0.717, 1.165) is 0 Å². The van der Waals surface area contributed by atoms with Crippen LogP contribution in [0, 0.1) is 0 Å². The topological polar surface area (TPSA) is 60.2 Å². The zero-order valence-corrected chi connectivity index (χ0v) is 8.34. The quantitative estimate of drug-likeness (QED) is 0.649. The van der Waals surface area contributed by atoms with Crippen LogP contribution in [-0.4, -0.2) is 38.8 Å². The van der Waals surface area contributed by atoms with E-state index in [-0.39, 0.29) is 18.2 Å². The Labute approximate surface area is 81.5 Å². The standard InChI is InChI=1S/C8H12N4O2/c1-5-6(14-8(13)11(5)2)7-9-4-10-12(7)3/h4-6H,1-3H3/t5-,6-/m0/s1. The molecule has 0 N–H and O–H groups in total. The number of amides is 1. The van der Waals surface area contributed by atoms with Gasteiger partial charge in [-0.2, -0.15) is 5.10 Å². The summed E-state index contributed by atoms with van der Waals surface area (Å²) in [4.78, 5) is 16.9. The second-order valence-corrected chi connectivity index (χ2v) is 3.40. The van der Waals surface area contributed by atoms with Gasteiger partial charge in [0.1, 0.15) is 6.33 Å². The van der Waals surface area contributed by atoms with E-state index in [9.17, 15) is 4.79 Å². The third kappa shape index (κ3) is 1.14. The average molecular weight is 196 g/mol. The van der Waals surface area contributed by atoms with E-state index in [1.807, 2.05) is 6.92 Å². The summed E-state index contributed by atoms with van der Waals surface area (Å²) in [6.07, 6.45) is 0.819. The predicted octanol–water partition coefficient (Wildman–Crippen LogP) is 0.327. The Morgan fingerprint density at radius 1 is 1.50 bits per heavy atom. The van der Waals surface area contributed by atoms with Crippen LogP contribution in [0.25, 0.3) is 0 Å². The van der Waals surface area contributed by atoms with Gasteiger partial charge in [-0.05, 0) is 6.92 Å². The van der Waals surface area contributed by atoms with Gasteiger partial charge in [0.15, 0.2) is 11.9 Å². The molecule has 1 aliphatic heterocycles. The van der Waals surface area contributed by atoms with Crippen molar-refractivity contribution in [3.8, 4) is 0 Å². The molecule has 14 heavy (non-hydrogen) atoms. The summed E-state index contributed by atoms with van der Waals surface area (Å²) in [5, 5.41) is 3.94. The van der Waals surface area contributed by atoms with Gasteiger partial charge in [0.05, 0.1) is 6.04 Å². The zero-order chi connectivity index (χ0) is 10.3. The minimum Gasteiger partial charge on any atom is -0.436 e. The summed E-state index contributed by atoms with van der Waals surface area (Å²) < 4.78 is 6.79. The van der Waals surface area contributed by atoms with Crippen molar-refractivity contribution in [2.75, 3.05) is 7.05 Å². The molecule has 2 rings (SSSR count). The summed E-state index contributed by atoms with van der Waals surface area (Å²) in [6, 6.07) is -0.00889. The van der Waals surface area contributed by atoms with Crippen molar-refractivity contribution in [2.24, 2.45) is 7.05 Å². The first kappa shape index (κ1) is 8.98. The number of aromatic nitrogens is 3. The second-order valence-electron chi connectivity index (χ2n) is 3.40. The van der Waals surface area contributed by atoms with Crippen molar-refractivity contribution in [3.05, 3.63) is 12.2 Å². The molecule has 0 aromatic carbocycles. The van der Waals surface area contributed by atoms with E-state index < -0.39 is 0 Å². The zero-order valence-electron chi connectivity index (χ0n) is 8.34. The van der Waals surface area contributed by atoms with Crippen molar-refractivity contribution >= 4 is 6.09 Å². The lowest BCUT2D eigenvalue weighted by atomic mass is 10.2. The van der Waals surface area contributed by atoms with Gasteiger partial charge in [0.25, 0.3) is 0 Å². The van der Waals surface area contributed by atoms with Gasteiger partial charge in [-0.25, -0.2) is 14.5 Å². The number of hydrogen-bond donors (Lipinski definition) is 0. The summed E-state index contributed by atoms with van der Waals surface area (Å²) in [5.41, 5.74) is 0. The molecule has 6 nitrogen and oxygen atoms in total. The molecule has 1 aromatic heterocycles. The molecule has 1 aliphatic rings. The lowest BCUT2D eigenvalue weighted by Crippen LogP contribution is -2.28. The summed E-state index contributed by atoms with van der Waals surface area (Å²) >= 11 is 0. The molecule has 0 aliphatic carbocycles. The number of carbonyl (C=O) groups excluding carboxylic acids is 1. The van der Waals surface area contributed by atoms with Crippen LogP contribution in [0.4, 0.5) is 4.79 Å². The highest BCUT2D eigenvalue weighted by molar-refractivity contribution is 5.70. The minimum atomic E-state index is -0.319. The van der Waals surface area contributed by atoms with Gasteiger partial charge >= 0.3 is 6.09 Å². The Bertz CT molecular complexity index is 362. The molecule has 0 unspecified atom stereocenters. The lowest BCUT2D eigenvalue weighted by Gasteiger charge is -2.15. The first-order chi connectivity index (χ1) is 6.61. The molecule has 6 heteroatoms. The smallest absolute Gasteiger partial charge is 0.410 e. The van der Waals surface area contributed by atoms with Gasteiger partial charge in [-0.1, -0.05) is 0 Å². The fourth-order valence-corrected chi connectivity index (χ4v) is 1.49. The number of ether oxygens (including phenoxy) is 1. The highest BCUT2D eigenvalue weighted by atomic mass is 16.6. The Morgan fingerprint density at radius 3 is 2.64 bits per heavy atom. The SMILES string of the molecule is C[C@H]1[C@@H](c2ncnn2C)OC(=O)N1C. The first-order valence-corrected chi connectivity index (χ1v) is 4.38. The minimum absolute atomic E-state index is 0.00889. The maximum absolute atomic E-state index is 11.2. The fraction of sp³-hybridized carbons (Fsp3) is 0.625. The van der Waals surface area contributed by atoms with Crippen LogP contribution in [0.5, 0.6) is 0 Å². The molecule has 0 bridgehead atoms. The fourth-order valence-electron chi connectivity index (χ4n) is 1.49. The van der Waals surface area contributed by atoms with Crippen LogP contribution in [0.15, 0.2) is 6.33 Å². The largest absolute Gasteiger partial charge is 0.436 e.